The third-order valence-electron chi connectivity index (χ3n) is 6.94. The number of benzene rings is 4. The van der Waals surface area contributed by atoms with Gasteiger partial charge in [0.15, 0.2) is 0 Å². The zero-order chi connectivity index (χ0) is 24.8. The third kappa shape index (κ3) is 5.19. The van der Waals surface area contributed by atoms with Gasteiger partial charge in [0.25, 0.3) is 0 Å². The van der Waals surface area contributed by atoms with Crippen LogP contribution in [0.4, 0.5) is 0 Å². The van der Waals surface area contributed by atoms with E-state index >= 15 is 0 Å². The highest BCUT2D eigenvalue weighted by Gasteiger charge is 2.38. The van der Waals surface area contributed by atoms with Crippen molar-refractivity contribution in [3.05, 3.63) is 121 Å². The van der Waals surface area contributed by atoms with Gasteiger partial charge < -0.3 is 0 Å². The molecule has 1 aliphatic carbocycles. The molecule has 0 heterocycles. The summed E-state index contributed by atoms with van der Waals surface area (Å²) < 4.78 is 29.5. The third-order valence-corrected chi connectivity index (χ3v) is 12.4. The monoisotopic (exact) mass is 514 g/mol. The summed E-state index contributed by atoms with van der Waals surface area (Å²) in [6, 6.07) is 38.5. The number of hydrogen-bond donors (Lipinski definition) is 2. The molecule has 0 amide bonds. The fourth-order valence-electron chi connectivity index (χ4n) is 5.05. The zero-order valence-electron chi connectivity index (χ0n) is 20.2. The SMILES string of the molecule is O=P(N[C@@H]1CCCC[C@H]1NP(=O)(c1ccccc1)c1ccccc1)(c1ccccc1)c1ccccc1. The van der Waals surface area contributed by atoms with Crippen molar-refractivity contribution in [3.63, 3.8) is 0 Å². The quantitative estimate of drug-likeness (QED) is 0.312. The predicted molar refractivity (Wildman–Crippen MR) is 152 cm³/mol. The summed E-state index contributed by atoms with van der Waals surface area (Å²) in [4.78, 5) is 0. The van der Waals surface area contributed by atoms with Gasteiger partial charge in [0, 0.05) is 33.3 Å². The van der Waals surface area contributed by atoms with Crippen LogP contribution in [0, 0.1) is 0 Å². The molecule has 0 saturated heterocycles. The Labute approximate surface area is 214 Å². The summed E-state index contributed by atoms with van der Waals surface area (Å²) in [5.41, 5.74) is 0. The van der Waals surface area contributed by atoms with Crippen molar-refractivity contribution in [2.45, 2.75) is 37.8 Å². The Morgan fingerprint density at radius 1 is 0.444 bits per heavy atom. The maximum atomic E-state index is 14.7. The van der Waals surface area contributed by atoms with E-state index in [-0.39, 0.29) is 12.1 Å². The van der Waals surface area contributed by atoms with Gasteiger partial charge in [-0.2, -0.15) is 0 Å². The van der Waals surface area contributed by atoms with Crippen LogP contribution >= 0.6 is 14.6 Å². The van der Waals surface area contributed by atoms with Crippen LogP contribution in [-0.2, 0) is 9.13 Å². The summed E-state index contributed by atoms with van der Waals surface area (Å²) in [5.74, 6) is 0. The van der Waals surface area contributed by atoms with Crippen molar-refractivity contribution in [2.24, 2.45) is 0 Å². The number of hydrogen-bond acceptors (Lipinski definition) is 2. The molecule has 0 aliphatic heterocycles. The van der Waals surface area contributed by atoms with Gasteiger partial charge in [-0.05, 0) is 61.4 Å². The Bertz CT molecular complexity index is 1160. The van der Waals surface area contributed by atoms with E-state index in [4.69, 9.17) is 0 Å². The lowest BCUT2D eigenvalue weighted by atomic mass is 9.92. The van der Waals surface area contributed by atoms with Gasteiger partial charge in [0.2, 0.25) is 14.6 Å². The summed E-state index contributed by atoms with van der Waals surface area (Å²) in [5, 5.41) is 10.4. The molecule has 0 unspecified atom stereocenters. The molecule has 36 heavy (non-hydrogen) atoms. The average molecular weight is 515 g/mol. The minimum atomic E-state index is -3.12. The molecule has 4 nitrogen and oxygen atoms in total. The minimum Gasteiger partial charge on any atom is -0.297 e. The molecule has 184 valence electrons. The first-order valence-corrected chi connectivity index (χ1v) is 16.0. The van der Waals surface area contributed by atoms with Crippen LogP contribution in [0.25, 0.3) is 0 Å². The van der Waals surface area contributed by atoms with E-state index in [1.54, 1.807) is 0 Å². The van der Waals surface area contributed by atoms with E-state index in [0.29, 0.717) is 0 Å². The van der Waals surface area contributed by atoms with Crippen molar-refractivity contribution >= 4 is 35.8 Å². The molecule has 1 saturated carbocycles. The first-order valence-electron chi connectivity index (χ1n) is 12.6. The molecular formula is C30H32N2O2P2. The molecule has 0 spiro atoms. The first-order chi connectivity index (χ1) is 17.6. The summed E-state index contributed by atoms with van der Waals surface area (Å²) in [6.07, 6.45) is 3.82. The van der Waals surface area contributed by atoms with E-state index in [1.807, 2.05) is 121 Å². The normalized spacial score (nSPS) is 18.6. The van der Waals surface area contributed by atoms with E-state index in [1.165, 1.54) is 0 Å². The fourth-order valence-corrected chi connectivity index (χ4v) is 10.2. The maximum absolute atomic E-state index is 14.7. The van der Waals surface area contributed by atoms with Crippen LogP contribution in [-0.4, -0.2) is 12.1 Å². The Hall–Kier alpha value is -2.74. The molecule has 6 heteroatoms. The molecule has 1 aliphatic rings. The molecule has 2 N–H and O–H groups in total. The van der Waals surface area contributed by atoms with Gasteiger partial charge >= 0.3 is 0 Å². The lowest BCUT2D eigenvalue weighted by molar-refractivity contribution is 0.342. The standard InChI is InChI=1S/C30H32N2O2P2/c33-35(25-15-5-1-6-16-25,26-17-7-2-8-18-26)31-29-23-13-14-24-30(29)32-36(34,27-19-9-3-10-20-27)28-21-11-4-12-22-28/h1-12,15-22,29-30H,13-14,23-24H2,(H,31,33)(H,32,34)/t29-,30-/m1/s1. The van der Waals surface area contributed by atoms with E-state index in [0.717, 1.165) is 46.9 Å². The van der Waals surface area contributed by atoms with Crippen LogP contribution in [0.1, 0.15) is 25.7 Å². The van der Waals surface area contributed by atoms with E-state index in [2.05, 4.69) is 10.2 Å². The second-order valence-electron chi connectivity index (χ2n) is 9.32. The lowest BCUT2D eigenvalue weighted by Crippen LogP contribution is -2.51. The Morgan fingerprint density at radius 2 is 0.694 bits per heavy atom. The average Bonchev–Trinajstić information content (AvgIpc) is 2.96. The van der Waals surface area contributed by atoms with Crippen LogP contribution in [0.15, 0.2) is 121 Å². The van der Waals surface area contributed by atoms with Gasteiger partial charge in [-0.3, -0.25) is 19.3 Å². The molecule has 0 bridgehead atoms. The van der Waals surface area contributed by atoms with Gasteiger partial charge in [-0.15, -0.1) is 0 Å². The Morgan fingerprint density at radius 3 is 0.944 bits per heavy atom. The largest absolute Gasteiger partial charge is 0.297 e. The minimum absolute atomic E-state index is 0.0919. The highest BCUT2D eigenvalue weighted by molar-refractivity contribution is 7.77. The van der Waals surface area contributed by atoms with E-state index in [9.17, 15) is 9.13 Å². The molecular weight excluding hydrogens is 482 g/mol. The van der Waals surface area contributed by atoms with Gasteiger partial charge in [-0.1, -0.05) is 85.6 Å². The van der Waals surface area contributed by atoms with Crippen LogP contribution in [0.3, 0.4) is 0 Å². The number of rotatable bonds is 8. The first kappa shape index (κ1) is 24.9. The van der Waals surface area contributed by atoms with Crippen molar-refractivity contribution < 1.29 is 9.13 Å². The van der Waals surface area contributed by atoms with Crippen molar-refractivity contribution in [1.82, 2.24) is 10.2 Å². The summed E-state index contributed by atoms with van der Waals surface area (Å²) in [7, 11) is -6.24. The highest BCUT2D eigenvalue weighted by Crippen LogP contribution is 2.44. The van der Waals surface area contributed by atoms with Gasteiger partial charge in [0.1, 0.15) is 0 Å². The molecule has 0 aromatic heterocycles. The summed E-state index contributed by atoms with van der Waals surface area (Å²) in [6.45, 7) is 0. The van der Waals surface area contributed by atoms with E-state index < -0.39 is 14.6 Å². The van der Waals surface area contributed by atoms with Crippen LogP contribution in [0.5, 0.6) is 0 Å². The van der Waals surface area contributed by atoms with Gasteiger partial charge in [-0.25, -0.2) is 0 Å². The predicted octanol–water partition coefficient (Wildman–Crippen LogP) is 5.34. The summed E-state index contributed by atoms with van der Waals surface area (Å²) >= 11 is 0. The molecule has 5 rings (SSSR count). The topological polar surface area (TPSA) is 58.2 Å². The van der Waals surface area contributed by atoms with Crippen molar-refractivity contribution in [3.8, 4) is 0 Å². The molecule has 4 aromatic rings. The fraction of sp³-hybridized carbons (Fsp3) is 0.200. The second-order valence-corrected chi connectivity index (χ2v) is 14.3. The maximum Gasteiger partial charge on any atom is 0.204 e. The second kappa shape index (κ2) is 11.1. The highest BCUT2D eigenvalue weighted by atomic mass is 31.2. The molecule has 4 aromatic carbocycles. The molecule has 2 atom stereocenters. The Kier molecular flexibility index (Phi) is 7.70. The molecule has 0 radical (unpaired) electrons. The zero-order valence-corrected chi connectivity index (χ0v) is 22.0. The van der Waals surface area contributed by atoms with Crippen LogP contribution in [0.2, 0.25) is 0 Å². The van der Waals surface area contributed by atoms with Gasteiger partial charge in [0.05, 0.1) is 0 Å². The Balaban J connectivity index is 1.52. The van der Waals surface area contributed by atoms with Crippen molar-refractivity contribution in [2.75, 3.05) is 0 Å². The molecule has 1 fully saturated rings. The van der Waals surface area contributed by atoms with Crippen molar-refractivity contribution in [1.29, 1.82) is 0 Å². The number of nitrogens with one attached hydrogen (secondary N) is 2. The smallest absolute Gasteiger partial charge is 0.204 e. The lowest BCUT2D eigenvalue weighted by Gasteiger charge is -2.38. The van der Waals surface area contributed by atoms with Crippen LogP contribution < -0.4 is 31.4 Å².